The Labute approximate surface area is 128 Å². The molecule has 0 spiro atoms. The van der Waals surface area contributed by atoms with Gasteiger partial charge in [-0.05, 0) is 0 Å². The van der Waals surface area contributed by atoms with Crippen molar-refractivity contribution in [3.05, 3.63) is 40.4 Å². The summed E-state index contributed by atoms with van der Waals surface area (Å²) < 4.78 is 1.53. The van der Waals surface area contributed by atoms with E-state index in [1.54, 1.807) is 5.57 Å². The number of benzene rings is 1. The molecule has 3 rings (SSSR count). The van der Waals surface area contributed by atoms with Crippen LogP contribution in [0.15, 0.2) is 34.8 Å². The number of hydrogen-bond donors (Lipinski definition) is 0. The van der Waals surface area contributed by atoms with Crippen LogP contribution in [0.25, 0.3) is 5.57 Å². The fourth-order valence-corrected chi connectivity index (χ4v) is 6.66. The number of carbonyl (C=O) groups excluding carboxylic acids is 1. The Hall–Kier alpha value is -0.851. The molecule has 2 unspecified atom stereocenters. The van der Waals surface area contributed by atoms with Crippen molar-refractivity contribution in [1.29, 1.82) is 0 Å². The molecule has 1 aromatic rings. The van der Waals surface area contributed by atoms with Gasteiger partial charge >= 0.3 is 128 Å². The van der Waals surface area contributed by atoms with Crippen LogP contribution in [-0.2, 0) is 4.79 Å². The van der Waals surface area contributed by atoms with E-state index >= 15 is 0 Å². The van der Waals surface area contributed by atoms with E-state index in [0.29, 0.717) is 32.6 Å². The number of carbonyl (C=O) groups is 1. The van der Waals surface area contributed by atoms with Crippen molar-refractivity contribution in [2.24, 2.45) is 11.8 Å². The normalized spacial score (nSPS) is 25.4. The molecule has 2 aliphatic carbocycles. The van der Waals surface area contributed by atoms with Gasteiger partial charge in [0.1, 0.15) is 0 Å². The summed E-state index contributed by atoms with van der Waals surface area (Å²) in [6.07, 6.45) is 5.69. The zero-order valence-corrected chi connectivity index (χ0v) is 13.8. The molecule has 1 saturated carbocycles. The van der Waals surface area contributed by atoms with E-state index in [9.17, 15) is 4.79 Å². The predicted octanol–water partition coefficient (Wildman–Crippen LogP) is 4.32. The summed E-state index contributed by atoms with van der Waals surface area (Å²) in [6.45, 7) is 2.25. The van der Waals surface area contributed by atoms with Gasteiger partial charge < -0.3 is 0 Å². The van der Waals surface area contributed by atoms with Crippen LogP contribution in [0.2, 0.25) is 5.32 Å². The summed E-state index contributed by atoms with van der Waals surface area (Å²) in [7, 11) is 0. The van der Waals surface area contributed by atoms with Crippen LogP contribution in [0.1, 0.15) is 44.6 Å². The first kappa shape index (κ1) is 14.1. The number of fused-ring (bicyclic) bond motifs is 1. The molecule has 2 atom stereocenters. The molecule has 0 amide bonds. The third-order valence-corrected chi connectivity index (χ3v) is 7.13. The predicted molar refractivity (Wildman–Crippen MR) is 84.7 cm³/mol. The molecule has 106 valence electrons. The van der Waals surface area contributed by atoms with Gasteiger partial charge in [0, 0.05) is 0 Å². The fourth-order valence-electron chi connectivity index (χ4n) is 3.40. The first-order chi connectivity index (χ1) is 9.83. The summed E-state index contributed by atoms with van der Waals surface area (Å²) in [5, 5.41) is 1.30. The van der Waals surface area contributed by atoms with Crippen molar-refractivity contribution in [2.75, 3.05) is 0 Å². The van der Waals surface area contributed by atoms with E-state index < -0.39 is 0 Å². The first-order valence-corrected chi connectivity index (χ1v) is 9.84. The number of hydrogen-bond acceptors (Lipinski definition) is 1. The van der Waals surface area contributed by atoms with Crippen molar-refractivity contribution < 1.29 is 4.79 Å². The SMILES string of the molecule is CCCC[Se]C1=C(c2ccccc2)C2CCCC(=O)C12. The fraction of sp³-hybridized carbons (Fsp3) is 0.500. The standard InChI is InChI=1S/C18H22OSe/c1-2-3-12-20-18-16(13-8-5-4-6-9-13)14-10-7-11-15(19)17(14)18/h4-6,8-9,14,17H,2-3,7,10-12H2,1H3. The zero-order valence-electron chi connectivity index (χ0n) is 12.1. The molecule has 0 bridgehead atoms. The summed E-state index contributed by atoms with van der Waals surface area (Å²) in [5.74, 6) is 1.36. The monoisotopic (exact) mass is 334 g/mol. The van der Waals surface area contributed by atoms with Gasteiger partial charge in [0.25, 0.3) is 0 Å². The van der Waals surface area contributed by atoms with Gasteiger partial charge in [-0.2, -0.15) is 0 Å². The van der Waals surface area contributed by atoms with Gasteiger partial charge in [-0.25, -0.2) is 0 Å². The van der Waals surface area contributed by atoms with Crippen LogP contribution in [0.4, 0.5) is 0 Å². The molecule has 2 aliphatic rings. The van der Waals surface area contributed by atoms with Crippen molar-refractivity contribution >= 4 is 26.3 Å². The molecule has 0 N–H and O–H groups in total. The van der Waals surface area contributed by atoms with E-state index in [0.717, 1.165) is 12.8 Å². The molecule has 1 fully saturated rings. The molecule has 1 nitrogen and oxygen atoms in total. The molecule has 0 heterocycles. The molecule has 0 aromatic heterocycles. The van der Waals surface area contributed by atoms with Crippen LogP contribution in [-0.4, -0.2) is 20.7 Å². The number of Topliss-reactive ketones (excluding diaryl/α,β-unsaturated/α-hetero) is 1. The Morgan fingerprint density at radius 1 is 1.25 bits per heavy atom. The molecule has 0 aliphatic heterocycles. The third kappa shape index (κ3) is 2.52. The van der Waals surface area contributed by atoms with E-state index in [1.807, 2.05) is 0 Å². The third-order valence-electron chi connectivity index (χ3n) is 4.45. The topological polar surface area (TPSA) is 17.1 Å². The summed E-state index contributed by atoms with van der Waals surface area (Å²) >= 11 is 0.523. The van der Waals surface area contributed by atoms with E-state index in [4.69, 9.17) is 0 Å². The Balaban J connectivity index is 1.90. The minimum absolute atomic E-state index is 0.302. The van der Waals surface area contributed by atoms with Crippen LogP contribution in [0.3, 0.4) is 0 Å². The molecule has 0 saturated heterocycles. The summed E-state index contributed by atoms with van der Waals surface area (Å²) in [6, 6.07) is 10.8. The van der Waals surface area contributed by atoms with Gasteiger partial charge in [0.2, 0.25) is 0 Å². The van der Waals surface area contributed by atoms with Gasteiger partial charge in [-0.15, -0.1) is 0 Å². The van der Waals surface area contributed by atoms with Crippen molar-refractivity contribution in [2.45, 2.75) is 44.3 Å². The van der Waals surface area contributed by atoms with Crippen LogP contribution >= 0.6 is 0 Å². The molecule has 0 radical (unpaired) electrons. The average Bonchev–Trinajstić information content (AvgIpc) is 2.45. The van der Waals surface area contributed by atoms with E-state index in [1.165, 1.54) is 34.6 Å². The van der Waals surface area contributed by atoms with Crippen molar-refractivity contribution in [1.82, 2.24) is 0 Å². The maximum absolute atomic E-state index is 12.3. The van der Waals surface area contributed by atoms with E-state index in [-0.39, 0.29) is 0 Å². The van der Waals surface area contributed by atoms with E-state index in [2.05, 4.69) is 37.3 Å². The van der Waals surface area contributed by atoms with Crippen LogP contribution < -0.4 is 0 Å². The quantitative estimate of drug-likeness (QED) is 0.579. The summed E-state index contributed by atoms with van der Waals surface area (Å²) in [5.41, 5.74) is 2.91. The number of unbranched alkanes of at least 4 members (excludes halogenated alkanes) is 1. The Morgan fingerprint density at radius 3 is 2.80 bits per heavy atom. The van der Waals surface area contributed by atoms with Crippen molar-refractivity contribution in [3.8, 4) is 0 Å². The molecule has 2 heteroatoms. The Kier molecular flexibility index (Phi) is 4.43. The number of ketones is 1. The van der Waals surface area contributed by atoms with Gasteiger partial charge in [-0.1, -0.05) is 0 Å². The van der Waals surface area contributed by atoms with Gasteiger partial charge in [0.05, 0.1) is 0 Å². The molecular weight excluding hydrogens is 311 g/mol. The zero-order chi connectivity index (χ0) is 13.9. The molecule has 1 aromatic carbocycles. The van der Waals surface area contributed by atoms with Crippen molar-refractivity contribution in [3.63, 3.8) is 0 Å². The maximum atomic E-state index is 12.3. The summed E-state index contributed by atoms with van der Waals surface area (Å²) in [4.78, 5) is 12.3. The van der Waals surface area contributed by atoms with Gasteiger partial charge in [-0.3, -0.25) is 0 Å². The number of rotatable bonds is 5. The second-order valence-corrected chi connectivity index (χ2v) is 8.17. The second kappa shape index (κ2) is 6.28. The van der Waals surface area contributed by atoms with Gasteiger partial charge in [0.15, 0.2) is 0 Å². The van der Waals surface area contributed by atoms with Crippen LogP contribution in [0.5, 0.6) is 0 Å². The molecule has 20 heavy (non-hydrogen) atoms. The Bertz CT molecular complexity index is 517. The first-order valence-electron chi connectivity index (χ1n) is 7.78. The number of allylic oxidation sites excluding steroid dienone is 2. The minimum atomic E-state index is 0.302. The Morgan fingerprint density at radius 2 is 2.05 bits per heavy atom. The average molecular weight is 333 g/mol. The van der Waals surface area contributed by atoms with Crippen LogP contribution in [0, 0.1) is 11.8 Å². The molecular formula is C18H22OSe. The second-order valence-electron chi connectivity index (χ2n) is 5.79.